The zero-order chi connectivity index (χ0) is 37.0. The zero-order valence-corrected chi connectivity index (χ0v) is 31.2. The lowest BCUT2D eigenvalue weighted by Gasteiger charge is -2.19. The van der Waals surface area contributed by atoms with Crippen LogP contribution in [0.2, 0.25) is 0 Å². The van der Waals surface area contributed by atoms with E-state index in [1.165, 1.54) is 57.0 Å². The maximum Gasteiger partial charge on any atom is 0.163 e. The lowest BCUT2D eigenvalue weighted by molar-refractivity contribution is 0.823. The van der Waals surface area contributed by atoms with Crippen LogP contribution in [0, 0.1) is 0 Å². The van der Waals surface area contributed by atoms with Crippen LogP contribution in [0.4, 0.5) is 0 Å². The second-order valence-electron chi connectivity index (χ2n) is 14.4. The van der Waals surface area contributed by atoms with Crippen molar-refractivity contribution in [2.75, 3.05) is 0 Å². The summed E-state index contributed by atoms with van der Waals surface area (Å²) in [6.45, 7) is 0. The van der Waals surface area contributed by atoms with Crippen LogP contribution < -0.4 is 10.6 Å². The largest absolute Gasteiger partial charge is 0.251 e. The Morgan fingerprint density at radius 3 is 1.91 bits per heavy atom. The van der Waals surface area contributed by atoms with Crippen molar-refractivity contribution in [1.29, 1.82) is 0 Å². The summed E-state index contributed by atoms with van der Waals surface area (Å²) in [5.41, 5.74) is 8.96. The highest BCUT2D eigenvalue weighted by Gasteiger charge is 2.29. The summed E-state index contributed by atoms with van der Waals surface area (Å²) in [6, 6.07) is 53.5. The van der Waals surface area contributed by atoms with Gasteiger partial charge in [0.25, 0.3) is 0 Å². The van der Waals surface area contributed by atoms with Crippen molar-refractivity contribution in [3.63, 3.8) is 0 Å². The fraction of sp³-hybridized carbons (Fsp3) is 0.0392. The number of allylic oxidation sites excluding steroid dienone is 4. The van der Waals surface area contributed by atoms with E-state index in [1.807, 2.05) is 24.3 Å². The molecule has 262 valence electrons. The Labute approximate surface area is 326 Å². The van der Waals surface area contributed by atoms with Gasteiger partial charge in [-0.15, -0.1) is 0 Å². The first-order valence-electron chi connectivity index (χ1n) is 19.0. The summed E-state index contributed by atoms with van der Waals surface area (Å²) >= 11 is 0. The van der Waals surface area contributed by atoms with Crippen LogP contribution in [-0.2, 0) is 0 Å². The molecule has 4 nitrogen and oxygen atoms in total. The zero-order valence-electron chi connectivity index (χ0n) is 30.3. The van der Waals surface area contributed by atoms with Crippen molar-refractivity contribution in [2.24, 2.45) is 0 Å². The van der Waals surface area contributed by atoms with Gasteiger partial charge in [-0.2, -0.15) is 0 Å². The van der Waals surface area contributed by atoms with Gasteiger partial charge in [0.1, 0.15) is 5.82 Å². The molecule has 0 spiro atoms. The first-order valence-corrected chi connectivity index (χ1v) is 19.9. The highest BCUT2D eigenvalue weighted by Crippen LogP contribution is 2.46. The topological polar surface area (TPSA) is 51.6 Å². The predicted molar refractivity (Wildman–Crippen MR) is 231 cm³/mol. The molecule has 7 aromatic rings. The number of benzene rings is 6. The molecule has 2 atom stereocenters. The summed E-state index contributed by atoms with van der Waals surface area (Å²) in [7, 11) is 1.17. The van der Waals surface area contributed by atoms with Crippen LogP contribution in [0.25, 0.3) is 78.2 Å². The van der Waals surface area contributed by atoms with Crippen LogP contribution in [0.15, 0.2) is 176 Å². The molecule has 3 heterocycles. The maximum absolute atomic E-state index is 5.64. The third kappa shape index (κ3) is 5.57. The fourth-order valence-corrected chi connectivity index (χ4v) is 9.68. The van der Waals surface area contributed by atoms with E-state index in [-0.39, 0.29) is 11.8 Å². The molecule has 56 heavy (non-hydrogen) atoms. The average Bonchev–Trinajstić information content (AvgIpc) is 3.59. The standard InChI is InChI=1S/C51H33N4P/c1-3-13-32(14-4-1)34-25-28-36(29-26-34)50-53-49(35-16-5-2-6-17-35)54-51(55-50)42-22-11-21-41-47(42)52-43-23-12-20-39(38-30-27-33-15-7-8-18-37(33)31-38)45(43)46-40-19-9-10-24-44(40)56-48(41)46/h1-31,39,42H. The molecule has 4 aliphatic rings. The van der Waals surface area contributed by atoms with E-state index in [1.54, 1.807) is 0 Å². The molecule has 2 aliphatic carbocycles. The molecule has 5 heteroatoms. The molecule has 0 saturated heterocycles. The Balaban J connectivity index is 1.12. The number of aromatic nitrogens is 4. The van der Waals surface area contributed by atoms with Crippen LogP contribution >= 0.6 is 8.19 Å². The third-order valence-corrected chi connectivity index (χ3v) is 12.4. The van der Waals surface area contributed by atoms with Gasteiger partial charge in [0, 0.05) is 38.2 Å². The van der Waals surface area contributed by atoms with Crippen molar-refractivity contribution in [1.82, 2.24) is 19.9 Å². The molecular formula is C51H33N4P. The Morgan fingerprint density at radius 2 is 1.11 bits per heavy atom. The minimum absolute atomic E-state index is 0.0368. The molecule has 2 unspecified atom stereocenters. The van der Waals surface area contributed by atoms with Gasteiger partial charge in [-0.05, 0) is 50.6 Å². The second kappa shape index (κ2) is 13.5. The number of hydrogen-bond donors (Lipinski definition) is 0. The smallest absolute Gasteiger partial charge is 0.163 e. The fourth-order valence-electron chi connectivity index (χ4n) is 8.31. The summed E-state index contributed by atoms with van der Waals surface area (Å²) < 4.78 is 0. The van der Waals surface area contributed by atoms with Gasteiger partial charge in [0.05, 0.1) is 17.0 Å². The van der Waals surface area contributed by atoms with Crippen molar-refractivity contribution >= 4 is 41.6 Å². The Morgan fingerprint density at radius 1 is 0.482 bits per heavy atom. The molecule has 0 fully saturated rings. The van der Waals surface area contributed by atoms with Crippen molar-refractivity contribution < 1.29 is 0 Å². The monoisotopic (exact) mass is 732 g/mol. The van der Waals surface area contributed by atoms with Crippen molar-refractivity contribution in [3.8, 4) is 44.8 Å². The van der Waals surface area contributed by atoms with Crippen molar-refractivity contribution in [3.05, 3.63) is 209 Å². The number of fused-ring (bicyclic) bond motifs is 8. The van der Waals surface area contributed by atoms with E-state index in [0.717, 1.165) is 33.0 Å². The highest BCUT2D eigenvalue weighted by molar-refractivity contribution is 7.41. The molecule has 11 rings (SSSR count). The Hall–Kier alpha value is -6.87. The van der Waals surface area contributed by atoms with Crippen LogP contribution in [-0.4, -0.2) is 19.9 Å². The minimum Gasteiger partial charge on any atom is -0.251 e. The van der Waals surface area contributed by atoms with E-state index in [2.05, 4.69) is 164 Å². The molecule has 0 saturated carbocycles. The second-order valence-corrected chi connectivity index (χ2v) is 15.5. The molecular weight excluding hydrogens is 700 g/mol. The van der Waals surface area contributed by atoms with Gasteiger partial charge in [-0.1, -0.05) is 184 Å². The van der Waals surface area contributed by atoms with Gasteiger partial charge in [0.15, 0.2) is 11.6 Å². The van der Waals surface area contributed by atoms with E-state index < -0.39 is 0 Å². The summed E-state index contributed by atoms with van der Waals surface area (Å²) in [5, 5.41) is 8.49. The van der Waals surface area contributed by atoms with E-state index >= 15 is 0 Å². The van der Waals surface area contributed by atoms with Gasteiger partial charge in [-0.25, -0.2) is 15.0 Å². The quantitative estimate of drug-likeness (QED) is 0.177. The average molecular weight is 733 g/mol. The van der Waals surface area contributed by atoms with E-state index in [9.17, 15) is 0 Å². The summed E-state index contributed by atoms with van der Waals surface area (Å²) in [5.74, 6) is 1.71. The lowest BCUT2D eigenvalue weighted by Crippen LogP contribution is -2.23. The molecule has 2 aliphatic heterocycles. The summed E-state index contributed by atoms with van der Waals surface area (Å²) in [4.78, 5) is 21.2. The number of hydrogen-bond acceptors (Lipinski definition) is 4. The number of rotatable bonds is 5. The Bertz CT molecular complexity index is 3140. The first kappa shape index (κ1) is 32.6. The van der Waals surface area contributed by atoms with E-state index in [0.29, 0.717) is 17.5 Å². The molecule has 0 radical (unpaired) electrons. The van der Waals surface area contributed by atoms with Crippen LogP contribution in [0.1, 0.15) is 34.5 Å². The van der Waals surface area contributed by atoms with Gasteiger partial charge < -0.3 is 0 Å². The number of nitrogens with zero attached hydrogens (tertiary/aromatic N) is 4. The predicted octanol–water partition coefficient (Wildman–Crippen LogP) is 11.2. The molecule has 0 N–H and O–H groups in total. The van der Waals surface area contributed by atoms with Crippen molar-refractivity contribution in [2.45, 2.75) is 11.8 Å². The SMILES string of the molecule is C1=CC(c2ccc3ccccc3c2)c2c3c4ccccc4pc-3c3c(nc2=C1)C(c1nc(-c2ccccc2)nc(-c2ccc(-c4ccccc4)cc2)n1)C=CC=3. The minimum atomic E-state index is -0.291. The molecule has 0 bridgehead atoms. The summed E-state index contributed by atoms with van der Waals surface area (Å²) in [6.07, 6.45) is 13.3. The third-order valence-electron chi connectivity index (χ3n) is 11.0. The first-order chi connectivity index (χ1) is 27.7. The lowest BCUT2D eigenvalue weighted by atomic mass is 9.84. The van der Waals surface area contributed by atoms with Gasteiger partial charge >= 0.3 is 0 Å². The van der Waals surface area contributed by atoms with Gasteiger partial charge in [-0.3, -0.25) is 4.98 Å². The molecule has 6 aromatic carbocycles. The van der Waals surface area contributed by atoms with Gasteiger partial charge in [0.2, 0.25) is 0 Å². The van der Waals surface area contributed by atoms with Crippen LogP contribution in [0.3, 0.4) is 0 Å². The molecule has 1 aromatic heterocycles. The maximum atomic E-state index is 5.64. The Kier molecular flexibility index (Phi) is 7.82. The highest BCUT2D eigenvalue weighted by atomic mass is 31.0. The normalized spacial score (nSPS) is 15.8. The molecule has 0 amide bonds. The van der Waals surface area contributed by atoms with E-state index in [4.69, 9.17) is 19.9 Å². The van der Waals surface area contributed by atoms with Crippen LogP contribution in [0.5, 0.6) is 0 Å².